The number of aromatic nitrogens is 2. The molecule has 1 heterocycles. The molecule has 0 saturated heterocycles. The lowest BCUT2D eigenvalue weighted by Gasteiger charge is -2.20. The van der Waals surface area contributed by atoms with Crippen molar-refractivity contribution in [3.63, 3.8) is 0 Å². The van der Waals surface area contributed by atoms with Crippen LogP contribution in [0.4, 0.5) is 0 Å². The summed E-state index contributed by atoms with van der Waals surface area (Å²) in [5, 5.41) is 4.04. The van der Waals surface area contributed by atoms with Gasteiger partial charge in [-0.25, -0.2) is 0 Å². The first-order chi connectivity index (χ1) is 9.54. The zero-order valence-corrected chi connectivity index (χ0v) is 12.4. The molecule has 0 radical (unpaired) electrons. The maximum absolute atomic E-state index is 6.27. The Labute approximate surface area is 119 Å². The normalized spacial score (nSPS) is 11.7. The molecule has 20 heavy (non-hydrogen) atoms. The third-order valence-electron chi connectivity index (χ3n) is 3.77. The minimum absolute atomic E-state index is 0.492. The van der Waals surface area contributed by atoms with E-state index in [1.54, 1.807) is 7.11 Å². The van der Waals surface area contributed by atoms with Crippen molar-refractivity contribution in [3.05, 3.63) is 29.7 Å². The van der Waals surface area contributed by atoms with Gasteiger partial charge >= 0.3 is 0 Å². The van der Waals surface area contributed by atoms with Crippen molar-refractivity contribution in [3.8, 4) is 17.1 Å². The van der Waals surface area contributed by atoms with E-state index in [-0.39, 0.29) is 0 Å². The van der Waals surface area contributed by atoms with Gasteiger partial charge in [-0.2, -0.15) is 4.98 Å². The Morgan fingerprint density at radius 3 is 2.55 bits per heavy atom. The Morgan fingerprint density at radius 1 is 1.30 bits per heavy atom. The molecule has 2 aromatic rings. The molecule has 0 atom stereocenters. The fraction of sp³-hybridized carbons (Fsp3) is 0.467. The van der Waals surface area contributed by atoms with Gasteiger partial charge in [0.2, 0.25) is 11.7 Å². The molecule has 1 aromatic heterocycles. The summed E-state index contributed by atoms with van der Waals surface area (Å²) in [5.74, 6) is 1.89. The highest BCUT2D eigenvalue weighted by Crippen LogP contribution is 2.28. The molecule has 2 N–H and O–H groups in total. The van der Waals surface area contributed by atoms with Crippen LogP contribution in [-0.2, 0) is 5.54 Å². The number of rotatable bonds is 5. The quantitative estimate of drug-likeness (QED) is 0.907. The van der Waals surface area contributed by atoms with Gasteiger partial charge in [0.15, 0.2) is 0 Å². The van der Waals surface area contributed by atoms with E-state index >= 15 is 0 Å². The molecule has 2 rings (SSSR count). The van der Waals surface area contributed by atoms with Gasteiger partial charge in [-0.3, -0.25) is 0 Å². The number of nitrogens with zero attached hydrogens (tertiary/aromatic N) is 2. The summed E-state index contributed by atoms with van der Waals surface area (Å²) in [6.07, 6.45) is 1.51. The van der Waals surface area contributed by atoms with Crippen LogP contribution in [0.25, 0.3) is 11.4 Å². The Balaban J connectivity index is 2.36. The lowest BCUT2D eigenvalue weighted by molar-refractivity contribution is 0.268. The molecule has 0 aliphatic heterocycles. The summed E-state index contributed by atoms with van der Waals surface area (Å²) in [6, 6.07) is 5.79. The van der Waals surface area contributed by atoms with Gasteiger partial charge in [0.25, 0.3) is 0 Å². The van der Waals surface area contributed by atoms with Crippen LogP contribution in [0.2, 0.25) is 0 Å². The van der Waals surface area contributed by atoms with Gasteiger partial charge in [0.05, 0.1) is 12.6 Å². The van der Waals surface area contributed by atoms with Crippen molar-refractivity contribution in [1.29, 1.82) is 0 Å². The predicted molar refractivity (Wildman–Crippen MR) is 77.5 cm³/mol. The molecular formula is C15H21N3O2. The van der Waals surface area contributed by atoms with Gasteiger partial charge in [-0.15, -0.1) is 0 Å². The topological polar surface area (TPSA) is 74.2 Å². The smallest absolute Gasteiger partial charge is 0.247 e. The molecule has 0 unspecified atom stereocenters. The third-order valence-corrected chi connectivity index (χ3v) is 3.77. The predicted octanol–water partition coefficient (Wildman–Crippen LogP) is 3.03. The Morgan fingerprint density at radius 2 is 2.00 bits per heavy atom. The average Bonchev–Trinajstić information content (AvgIpc) is 2.96. The van der Waals surface area contributed by atoms with Gasteiger partial charge in [0, 0.05) is 5.56 Å². The molecule has 0 saturated carbocycles. The van der Waals surface area contributed by atoms with Crippen molar-refractivity contribution in [2.75, 3.05) is 7.11 Å². The molecule has 108 valence electrons. The van der Waals surface area contributed by atoms with Crippen molar-refractivity contribution in [1.82, 2.24) is 10.1 Å². The van der Waals surface area contributed by atoms with Gasteiger partial charge in [-0.05, 0) is 43.5 Å². The van der Waals surface area contributed by atoms with Crippen molar-refractivity contribution in [2.24, 2.45) is 5.73 Å². The van der Waals surface area contributed by atoms with Crippen LogP contribution < -0.4 is 10.5 Å². The van der Waals surface area contributed by atoms with E-state index in [1.165, 1.54) is 0 Å². The Kier molecular flexibility index (Phi) is 4.09. The van der Waals surface area contributed by atoms with Crippen LogP contribution in [0.5, 0.6) is 5.75 Å². The zero-order valence-electron chi connectivity index (χ0n) is 12.4. The van der Waals surface area contributed by atoms with E-state index in [0.29, 0.717) is 11.7 Å². The van der Waals surface area contributed by atoms with E-state index < -0.39 is 5.54 Å². The monoisotopic (exact) mass is 275 g/mol. The first-order valence-electron chi connectivity index (χ1n) is 6.82. The van der Waals surface area contributed by atoms with E-state index in [0.717, 1.165) is 29.7 Å². The molecule has 0 bridgehead atoms. The van der Waals surface area contributed by atoms with Crippen LogP contribution in [0.3, 0.4) is 0 Å². The molecular weight excluding hydrogens is 254 g/mol. The third kappa shape index (κ3) is 2.54. The van der Waals surface area contributed by atoms with Crippen molar-refractivity contribution in [2.45, 2.75) is 39.2 Å². The summed E-state index contributed by atoms with van der Waals surface area (Å²) in [4.78, 5) is 4.45. The zero-order chi connectivity index (χ0) is 14.8. The molecule has 0 spiro atoms. The van der Waals surface area contributed by atoms with Crippen LogP contribution in [0.15, 0.2) is 22.7 Å². The summed E-state index contributed by atoms with van der Waals surface area (Å²) < 4.78 is 10.6. The van der Waals surface area contributed by atoms with Gasteiger partial charge < -0.3 is 15.0 Å². The van der Waals surface area contributed by atoms with E-state index in [1.807, 2.05) is 39.0 Å². The summed E-state index contributed by atoms with van der Waals surface area (Å²) in [7, 11) is 1.65. The van der Waals surface area contributed by atoms with Crippen LogP contribution in [0.1, 0.15) is 38.1 Å². The number of methoxy groups -OCH3 is 1. The lowest BCUT2D eigenvalue weighted by Crippen LogP contribution is -2.35. The molecule has 0 amide bonds. The maximum Gasteiger partial charge on any atom is 0.247 e. The average molecular weight is 275 g/mol. The van der Waals surface area contributed by atoms with E-state index in [4.69, 9.17) is 15.0 Å². The van der Waals surface area contributed by atoms with Gasteiger partial charge in [-0.1, -0.05) is 19.0 Å². The minimum Gasteiger partial charge on any atom is -0.496 e. The number of nitrogens with two attached hydrogens (primary N) is 1. The molecule has 1 aromatic carbocycles. The fourth-order valence-corrected chi connectivity index (χ4v) is 2.11. The Bertz CT molecular complexity index is 589. The number of ether oxygens (including phenoxy) is 1. The molecule has 0 aliphatic carbocycles. The number of hydrogen-bond donors (Lipinski definition) is 1. The first kappa shape index (κ1) is 14.5. The summed E-state index contributed by atoms with van der Waals surface area (Å²) in [5.41, 5.74) is 7.64. The van der Waals surface area contributed by atoms with Crippen molar-refractivity contribution < 1.29 is 9.26 Å². The first-order valence-corrected chi connectivity index (χ1v) is 6.82. The molecule has 0 aliphatic rings. The van der Waals surface area contributed by atoms with Crippen LogP contribution in [0, 0.1) is 6.92 Å². The molecule has 0 fully saturated rings. The Hall–Kier alpha value is -1.88. The van der Waals surface area contributed by atoms with E-state index in [9.17, 15) is 0 Å². The fourth-order valence-electron chi connectivity index (χ4n) is 2.11. The highest BCUT2D eigenvalue weighted by atomic mass is 16.5. The number of hydrogen-bond acceptors (Lipinski definition) is 5. The summed E-state index contributed by atoms with van der Waals surface area (Å²) >= 11 is 0. The second-order valence-corrected chi connectivity index (χ2v) is 4.97. The van der Waals surface area contributed by atoms with Crippen LogP contribution >= 0.6 is 0 Å². The SMILES string of the molecule is CCC(N)(CC)c1nc(-c2ccc(OC)c(C)c2)no1. The highest BCUT2D eigenvalue weighted by molar-refractivity contribution is 5.58. The van der Waals surface area contributed by atoms with Crippen molar-refractivity contribution >= 4 is 0 Å². The minimum atomic E-state index is -0.549. The molecule has 5 heteroatoms. The second-order valence-electron chi connectivity index (χ2n) is 4.97. The van der Waals surface area contributed by atoms with Crippen LogP contribution in [-0.4, -0.2) is 17.3 Å². The maximum atomic E-state index is 6.27. The number of aryl methyl sites for hydroxylation is 1. The lowest BCUT2D eigenvalue weighted by atomic mass is 9.94. The summed E-state index contributed by atoms with van der Waals surface area (Å²) in [6.45, 7) is 6.02. The second kappa shape index (κ2) is 5.63. The number of benzene rings is 1. The van der Waals surface area contributed by atoms with E-state index in [2.05, 4.69) is 10.1 Å². The van der Waals surface area contributed by atoms with Gasteiger partial charge in [0.1, 0.15) is 5.75 Å². The highest BCUT2D eigenvalue weighted by Gasteiger charge is 2.30. The molecule has 5 nitrogen and oxygen atoms in total. The largest absolute Gasteiger partial charge is 0.496 e. The standard InChI is InChI=1S/C15H21N3O2/c1-5-15(16,6-2)14-17-13(18-20-14)11-7-8-12(19-4)10(3)9-11/h7-9H,5-6,16H2,1-4H3.